The summed E-state index contributed by atoms with van der Waals surface area (Å²) in [4.78, 5) is 26.6. The van der Waals surface area contributed by atoms with Crippen LogP contribution in [0, 0.1) is 0 Å². The maximum absolute atomic E-state index is 12.1. The van der Waals surface area contributed by atoms with E-state index in [0.717, 1.165) is 23.1 Å². The molecule has 6 heteroatoms. The molecule has 1 aromatic heterocycles. The van der Waals surface area contributed by atoms with Gasteiger partial charge in [0.1, 0.15) is 6.54 Å². The van der Waals surface area contributed by atoms with Crippen molar-refractivity contribution in [1.29, 1.82) is 0 Å². The Bertz CT molecular complexity index is 737. The van der Waals surface area contributed by atoms with Gasteiger partial charge in [0.2, 0.25) is 0 Å². The van der Waals surface area contributed by atoms with Gasteiger partial charge >= 0.3 is 5.97 Å². The van der Waals surface area contributed by atoms with Crippen molar-refractivity contribution in [3.05, 3.63) is 40.7 Å². The fraction of sp³-hybridized carbons (Fsp3) is 0.375. The molecule has 0 saturated carbocycles. The van der Waals surface area contributed by atoms with Gasteiger partial charge in [0.05, 0.1) is 5.52 Å². The third kappa shape index (κ3) is 3.65. The summed E-state index contributed by atoms with van der Waals surface area (Å²) in [6, 6.07) is 8.96. The van der Waals surface area contributed by atoms with Gasteiger partial charge in [-0.05, 0) is 38.4 Å². The SMILES string of the molecule is CN(C)CCn1c(=O)ccc2cc(N(C)CC(=O)O)ccc21. The Labute approximate surface area is 129 Å². The number of aromatic nitrogens is 1. The molecular weight excluding hydrogens is 282 g/mol. The molecule has 0 unspecified atom stereocenters. The number of benzene rings is 1. The number of anilines is 1. The number of aliphatic carboxylic acids is 1. The molecule has 0 aliphatic carbocycles. The van der Waals surface area contributed by atoms with Gasteiger partial charge in [0.25, 0.3) is 5.56 Å². The Morgan fingerprint density at radius 3 is 2.55 bits per heavy atom. The molecule has 1 N–H and O–H groups in total. The minimum absolute atomic E-state index is 0.0269. The monoisotopic (exact) mass is 303 g/mol. The lowest BCUT2D eigenvalue weighted by Crippen LogP contribution is -2.27. The van der Waals surface area contributed by atoms with E-state index in [1.807, 2.05) is 37.2 Å². The molecule has 1 heterocycles. The van der Waals surface area contributed by atoms with Crippen LogP contribution in [0.15, 0.2) is 35.1 Å². The largest absolute Gasteiger partial charge is 0.480 e. The number of hydrogen-bond acceptors (Lipinski definition) is 4. The van der Waals surface area contributed by atoms with Gasteiger partial charge in [0, 0.05) is 37.3 Å². The van der Waals surface area contributed by atoms with E-state index in [9.17, 15) is 9.59 Å². The Hall–Kier alpha value is -2.34. The third-order valence-electron chi connectivity index (χ3n) is 3.56. The summed E-state index contributed by atoms with van der Waals surface area (Å²) >= 11 is 0. The molecule has 6 nitrogen and oxygen atoms in total. The molecule has 0 saturated heterocycles. The van der Waals surface area contributed by atoms with Crippen LogP contribution in [0.25, 0.3) is 10.9 Å². The van der Waals surface area contributed by atoms with Crippen LogP contribution in [0.1, 0.15) is 0 Å². The second-order valence-electron chi connectivity index (χ2n) is 5.62. The van der Waals surface area contributed by atoms with Gasteiger partial charge in [-0.25, -0.2) is 0 Å². The van der Waals surface area contributed by atoms with E-state index < -0.39 is 5.97 Å². The highest BCUT2D eigenvalue weighted by Crippen LogP contribution is 2.20. The number of fused-ring (bicyclic) bond motifs is 1. The van der Waals surface area contributed by atoms with Crippen LogP contribution < -0.4 is 10.5 Å². The van der Waals surface area contributed by atoms with E-state index in [2.05, 4.69) is 0 Å². The zero-order chi connectivity index (χ0) is 16.3. The number of carbonyl (C=O) groups is 1. The fourth-order valence-electron chi connectivity index (χ4n) is 2.35. The van der Waals surface area contributed by atoms with Crippen molar-refractivity contribution in [2.24, 2.45) is 0 Å². The van der Waals surface area contributed by atoms with E-state index in [4.69, 9.17) is 5.11 Å². The molecule has 0 radical (unpaired) electrons. The Balaban J connectivity index is 2.40. The summed E-state index contributed by atoms with van der Waals surface area (Å²) in [6.07, 6.45) is 0. The van der Waals surface area contributed by atoms with Crippen molar-refractivity contribution in [3.63, 3.8) is 0 Å². The number of rotatable bonds is 6. The molecular formula is C16H21N3O3. The molecule has 2 aromatic rings. The second kappa shape index (κ2) is 6.62. The summed E-state index contributed by atoms with van der Waals surface area (Å²) in [5, 5.41) is 9.79. The van der Waals surface area contributed by atoms with Crippen LogP contribution in [0.5, 0.6) is 0 Å². The smallest absolute Gasteiger partial charge is 0.323 e. The minimum Gasteiger partial charge on any atom is -0.480 e. The molecule has 0 bridgehead atoms. The maximum atomic E-state index is 12.1. The summed E-state index contributed by atoms with van der Waals surface area (Å²) < 4.78 is 1.75. The maximum Gasteiger partial charge on any atom is 0.323 e. The quantitative estimate of drug-likeness (QED) is 0.865. The summed E-state index contributed by atoms with van der Waals surface area (Å²) in [5.74, 6) is -0.876. The molecule has 0 atom stereocenters. The van der Waals surface area contributed by atoms with Crippen molar-refractivity contribution in [2.75, 3.05) is 39.1 Å². The number of likely N-dealkylation sites (N-methyl/N-ethyl adjacent to an activating group) is 2. The highest BCUT2D eigenvalue weighted by molar-refractivity contribution is 5.84. The molecule has 0 aliphatic heterocycles. The van der Waals surface area contributed by atoms with Crippen molar-refractivity contribution < 1.29 is 9.90 Å². The third-order valence-corrected chi connectivity index (χ3v) is 3.56. The predicted molar refractivity (Wildman–Crippen MR) is 87.7 cm³/mol. The van der Waals surface area contributed by atoms with Crippen LogP contribution >= 0.6 is 0 Å². The Morgan fingerprint density at radius 2 is 1.91 bits per heavy atom. The van der Waals surface area contributed by atoms with Crippen molar-refractivity contribution in [1.82, 2.24) is 9.47 Å². The Morgan fingerprint density at radius 1 is 1.18 bits per heavy atom. The predicted octanol–water partition coefficient (Wildman–Crippen LogP) is 1.08. The van der Waals surface area contributed by atoms with Crippen LogP contribution in [0.4, 0.5) is 5.69 Å². The van der Waals surface area contributed by atoms with Crippen molar-refractivity contribution in [2.45, 2.75) is 6.54 Å². The highest BCUT2D eigenvalue weighted by atomic mass is 16.4. The van der Waals surface area contributed by atoms with Gasteiger partial charge in [-0.3, -0.25) is 9.59 Å². The molecule has 1 aromatic carbocycles. The van der Waals surface area contributed by atoms with E-state index >= 15 is 0 Å². The van der Waals surface area contributed by atoms with E-state index in [-0.39, 0.29) is 12.1 Å². The van der Waals surface area contributed by atoms with Crippen LogP contribution in [0.2, 0.25) is 0 Å². The zero-order valence-electron chi connectivity index (χ0n) is 13.1. The number of pyridine rings is 1. The average molecular weight is 303 g/mol. The number of hydrogen-bond donors (Lipinski definition) is 1. The molecule has 0 spiro atoms. The molecule has 0 aliphatic rings. The number of nitrogens with zero attached hydrogens (tertiary/aromatic N) is 3. The first kappa shape index (κ1) is 16.0. The Kier molecular flexibility index (Phi) is 4.82. The van der Waals surface area contributed by atoms with E-state index in [1.165, 1.54) is 0 Å². The highest BCUT2D eigenvalue weighted by Gasteiger charge is 2.09. The number of carboxylic acids is 1. The van der Waals surface area contributed by atoms with Gasteiger partial charge < -0.3 is 19.5 Å². The molecule has 0 fully saturated rings. The van der Waals surface area contributed by atoms with Crippen molar-refractivity contribution >= 4 is 22.6 Å². The van der Waals surface area contributed by atoms with E-state index in [0.29, 0.717) is 6.54 Å². The standard InChI is InChI=1S/C16H21N3O3/c1-17(2)8-9-19-14-6-5-13(18(3)11-16(21)22)10-12(14)4-7-15(19)20/h4-7,10H,8-9,11H2,1-3H3,(H,21,22). The van der Waals surface area contributed by atoms with Crippen LogP contribution in [-0.4, -0.2) is 54.8 Å². The van der Waals surface area contributed by atoms with Crippen molar-refractivity contribution in [3.8, 4) is 0 Å². The van der Waals surface area contributed by atoms with Gasteiger partial charge in [0.15, 0.2) is 0 Å². The van der Waals surface area contributed by atoms with Crippen LogP contribution in [-0.2, 0) is 11.3 Å². The van der Waals surface area contributed by atoms with Crippen LogP contribution in [0.3, 0.4) is 0 Å². The topological polar surface area (TPSA) is 65.8 Å². The molecule has 22 heavy (non-hydrogen) atoms. The molecule has 2 rings (SSSR count). The molecule has 0 amide bonds. The first-order valence-electron chi connectivity index (χ1n) is 7.10. The average Bonchev–Trinajstić information content (AvgIpc) is 2.44. The lowest BCUT2D eigenvalue weighted by molar-refractivity contribution is -0.135. The lowest BCUT2D eigenvalue weighted by atomic mass is 10.1. The zero-order valence-corrected chi connectivity index (χ0v) is 13.1. The number of carboxylic acid groups (broad SMARTS) is 1. The lowest BCUT2D eigenvalue weighted by Gasteiger charge is -2.18. The van der Waals surface area contributed by atoms with Gasteiger partial charge in [-0.1, -0.05) is 0 Å². The first-order chi connectivity index (χ1) is 10.4. The first-order valence-corrected chi connectivity index (χ1v) is 7.10. The molecule has 118 valence electrons. The normalized spacial score (nSPS) is 11.1. The minimum atomic E-state index is -0.876. The van der Waals surface area contributed by atoms with E-state index in [1.54, 1.807) is 28.6 Å². The fourth-order valence-corrected chi connectivity index (χ4v) is 2.35. The summed E-state index contributed by atoms with van der Waals surface area (Å²) in [7, 11) is 5.67. The summed E-state index contributed by atoms with van der Waals surface area (Å²) in [6.45, 7) is 1.33. The second-order valence-corrected chi connectivity index (χ2v) is 5.62. The summed E-state index contributed by atoms with van der Waals surface area (Å²) in [5.41, 5.74) is 1.65. The van der Waals surface area contributed by atoms with Gasteiger partial charge in [-0.2, -0.15) is 0 Å². The van der Waals surface area contributed by atoms with Gasteiger partial charge in [-0.15, -0.1) is 0 Å².